The molecule has 0 aliphatic rings. The van der Waals surface area contributed by atoms with Gasteiger partial charge < -0.3 is 19.7 Å². The van der Waals surface area contributed by atoms with E-state index in [2.05, 4.69) is 77.6 Å². The van der Waals surface area contributed by atoms with Crippen LogP contribution >= 0.6 is 63.7 Å². The average Bonchev–Trinajstić information content (AvgIpc) is 2.65. The number of hydrogen-bond acceptors (Lipinski definition) is 4. The maximum absolute atomic E-state index is 10.4. The van der Waals surface area contributed by atoms with Crippen molar-refractivity contribution in [3.63, 3.8) is 0 Å². The number of ether oxygens (including phenoxy) is 2. The largest absolute Gasteiger partial charge is 0.462 e. The minimum Gasteiger partial charge on any atom is -0.462 e. The highest BCUT2D eigenvalue weighted by Crippen LogP contribution is 2.45. The molecule has 2 rings (SSSR count). The minimum absolute atomic E-state index is 0.377. The van der Waals surface area contributed by atoms with E-state index in [1.165, 1.54) is 0 Å². The molecule has 0 amide bonds. The van der Waals surface area contributed by atoms with Crippen LogP contribution in [0.15, 0.2) is 42.2 Å². The molecule has 184 valence electrons. The number of hydrogen-bond donors (Lipinski definition) is 2. The fourth-order valence-electron chi connectivity index (χ4n) is 2.81. The van der Waals surface area contributed by atoms with Gasteiger partial charge in [-0.2, -0.15) is 0 Å². The summed E-state index contributed by atoms with van der Waals surface area (Å²) in [5, 5.41) is 20.8. The van der Waals surface area contributed by atoms with E-state index in [0.29, 0.717) is 11.5 Å². The molecule has 0 aliphatic heterocycles. The van der Waals surface area contributed by atoms with Crippen LogP contribution < -0.4 is 9.47 Å². The van der Waals surface area contributed by atoms with Crippen LogP contribution in [0.3, 0.4) is 0 Å². The highest BCUT2D eigenvalue weighted by atomic mass is 79.9. The van der Waals surface area contributed by atoms with Crippen LogP contribution in [0.25, 0.3) is 0 Å². The van der Waals surface area contributed by atoms with Gasteiger partial charge in [-0.1, -0.05) is 55.4 Å². The zero-order valence-corrected chi connectivity index (χ0v) is 26.5. The molecule has 2 aromatic carbocycles. The molecule has 0 heterocycles. The first kappa shape index (κ1) is 29.1. The minimum atomic E-state index is -0.952. The topological polar surface area (TPSA) is 58.9 Å². The molecule has 0 spiro atoms. The van der Waals surface area contributed by atoms with Gasteiger partial charge in [-0.15, -0.1) is 0 Å². The number of halogens is 4. The predicted octanol–water partition coefficient (Wildman–Crippen LogP) is 8.55. The Kier molecular flexibility index (Phi) is 9.24. The molecule has 0 radical (unpaired) electrons. The van der Waals surface area contributed by atoms with Gasteiger partial charge in [-0.3, -0.25) is 0 Å². The molecule has 2 unspecified atom stereocenters. The molecule has 0 saturated heterocycles. The maximum Gasteiger partial charge on any atom is 0.202 e. The van der Waals surface area contributed by atoms with Crippen molar-refractivity contribution >= 4 is 63.7 Å². The Morgan fingerprint density at radius 1 is 0.576 bits per heavy atom. The van der Waals surface area contributed by atoms with Crippen molar-refractivity contribution in [1.29, 1.82) is 0 Å². The Morgan fingerprint density at radius 3 is 1.03 bits per heavy atom. The molecule has 0 fully saturated rings. The molecular weight excluding hydrogens is 684 g/mol. The zero-order valence-electron chi connectivity index (χ0n) is 20.2. The lowest BCUT2D eigenvalue weighted by Gasteiger charge is -2.31. The average molecular weight is 716 g/mol. The molecule has 0 bridgehead atoms. The molecule has 8 heteroatoms. The standard InChI is InChI=1S/C25H32Br4O4/c1-23(2,3)21(30)32-19-15(26)9-13(10-16(19)27)25(7,8)14-11-17(28)20(18(29)12-14)33-22(31)24(4,5)6/h9-12,21-22,30-31H,1-8H3. The van der Waals surface area contributed by atoms with Crippen LogP contribution in [0.1, 0.15) is 66.5 Å². The number of aliphatic hydroxyl groups is 2. The molecule has 33 heavy (non-hydrogen) atoms. The van der Waals surface area contributed by atoms with Gasteiger partial charge in [0.05, 0.1) is 17.9 Å². The molecule has 2 N–H and O–H groups in total. The number of aliphatic hydroxyl groups excluding tert-OH is 2. The summed E-state index contributed by atoms with van der Waals surface area (Å²) in [7, 11) is 0. The fourth-order valence-corrected chi connectivity index (χ4v) is 5.56. The summed E-state index contributed by atoms with van der Waals surface area (Å²) in [4.78, 5) is 0. The van der Waals surface area contributed by atoms with E-state index >= 15 is 0 Å². The lowest BCUT2D eigenvalue weighted by Crippen LogP contribution is -2.32. The highest BCUT2D eigenvalue weighted by molar-refractivity contribution is 9.11. The summed E-state index contributed by atoms with van der Waals surface area (Å²) in [6, 6.07) is 8.02. The summed E-state index contributed by atoms with van der Waals surface area (Å²) in [6.07, 6.45) is -1.90. The van der Waals surface area contributed by atoms with E-state index < -0.39 is 23.4 Å². The molecular formula is C25H32Br4O4. The van der Waals surface area contributed by atoms with Gasteiger partial charge in [0, 0.05) is 16.2 Å². The lowest BCUT2D eigenvalue weighted by atomic mass is 9.78. The van der Waals surface area contributed by atoms with Gasteiger partial charge in [0.25, 0.3) is 0 Å². The van der Waals surface area contributed by atoms with E-state index in [9.17, 15) is 10.2 Å². The molecule has 0 aromatic heterocycles. The summed E-state index contributed by atoms with van der Waals surface area (Å²) >= 11 is 14.4. The second-order valence-corrected chi connectivity index (χ2v) is 14.3. The number of rotatable bonds is 6. The normalized spacial score (nSPS) is 14.7. The number of benzene rings is 2. The third kappa shape index (κ3) is 6.98. The SMILES string of the molecule is CC(C)(c1cc(Br)c(OC(O)C(C)(C)C)c(Br)c1)c1cc(Br)c(OC(O)C(C)(C)C)c(Br)c1. The Balaban J connectivity index is 2.44. The van der Waals surface area contributed by atoms with Gasteiger partial charge in [-0.25, -0.2) is 0 Å². The summed E-state index contributed by atoms with van der Waals surface area (Å²) in [6.45, 7) is 15.8. The van der Waals surface area contributed by atoms with E-state index in [1.54, 1.807) is 0 Å². The van der Waals surface area contributed by atoms with Crippen LogP contribution in [0.4, 0.5) is 0 Å². The van der Waals surface area contributed by atoms with Crippen molar-refractivity contribution in [3.8, 4) is 11.5 Å². The second kappa shape index (κ2) is 10.5. The first-order valence-electron chi connectivity index (χ1n) is 10.5. The van der Waals surface area contributed by atoms with Gasteiger partial charge in [0.15, 0.2) is 11.5 Å². The predicted molar refractivity (Wildman–Crippen MR) is 148 cm³/mol. The monoisotopic (exact) mass is 712 g/mol. The summed E-state index contributed by atoms with van der Waals surface area (Å²) in [5.41, 5.74) is 0.875. The van der Waals surface area contributed by atoms with Gasteiger partial charge in [0.2, 0.25) is 12.6 Å². The van der Waals surface area contributed by atoms with Gasteiger partial charge in [-0.05, 0) is 99.1 Å². The summed E-state index contributed by atoms with van der Waals surface area (Å²) < 4.78 is 14.7. The van der Waals surface area contributed by atoms with Crippen molar-refractivity contribution in [2.45, 2.75) is 73.4 Å². The molecule has 0 saturated carbocycles. The highest BCUT2D eigenvalue weighted by Gasteiger charge is 2.31. The quantitative estimate of drug-likeness (QED) is 0.295. The Bertz CT molecular complexity index is 881. The lowest BCUT2D eigenvalue weighted by molar-refractivity contribution is -0.0941. The zero-order chi connectivity index (χ0) is 25.5. The van der Waals surface area contributed by atoms with Crippen LogP contribution in [0.2, 0.25) is 0 Å². The molecule has 0 aliphatic carbocycles. The molecule has 2 aromatic rings. The van der Waals surface area contributed by atoms with Crippen LogP contribution in [0, 0.1) is 10.8 Å². The van der Waals surface area contributed by atoms with Crippen LogP contribution in [-0.4, -0.2) is 22.8 Å². The smallest absolute Gasteiger partial charge is 0.202 e. The van der Waals surface area contributed by atoms with E-state index in [1.807, 2.05) is 65.8 Å². The third-order valence-corrected chi connectivity index (χ3v) is 7.74. The van der Waals surface area contributed by atoms with Crippen molar-refractivity contribution in [2.24, 2.45) is 10.8 Å². The van der Waals surface area contributed by atoms with Gasteiger partial charge >= 0.3 is 0 Å². The Hall–Kier alpha value is -0.120. The Morgan fingerprint density at radius 2 is 0.818 bits per heavy atom. The third-order valence-electron chi connectivity index (χ3n) is 5.38. The maximum atomic E-state index is 10.4. The van der Waals surface area contributed by atoms with E-state index in [-0.39, 0.29) is 5.41 Å². The van der Waals surface area contributed by atoms with Crippen LogP contribution in [0.5, 0.6) is 11.5 Å². The first-order valence-corrected chi connectivity index (χ1v) is 13.7. The Labute approximate surface area is 231 Å². The fraction of sp³-hybridized carbons (Fsp3) is 0.520. The van der Waals surface area contributed by atoms with E-state index in [0.717, 1.165) is 29.0 Å². The molecule has 4 nitrogen and oxygen atoms in total. The van der Waals surface area contributed by atoms with Gasteiger partial charge in [0.1, 0.15) is 0 Å². The van der Waals surface area contributed by atoms with Crippen LogP contribution in [-0.2, 0) is 5.41 Å². The van der Waals surface area contributed by atoms with Crippen molar-refractivity contribution in [2.75, 3.05) is 0 Å². The molecule has 2 atom stereocenters. The van der Waals surface area contributed by atoms with Crippen molar-refractivity contribution in [1.82, 2.24) is 0 Å². The first-order chi connectivity index (χ1) is 14.9. The summed E-state index contributed by atoms with van der Waals surface area (Å²) in [5.74, 6) is 1.11. The van der Waals surface area contributed by atoms with Crippen molar-refractivity contribution < 1.29 is 19.7 Å². The van der Waals surface area contributed by atoms with E-state index in [4.69, 9.17) is 9.47 Å². The second-order valence-electron chi connectivity index (χ2n) is 10.8. The van der Waals surface area contributed by atoms with Crippen molar-refractivity contribution in [3.05, 3.63) is 53.3 Å².